The average molecular weight is 214 g/mol. The molecule has 0 bridgehead atoms. The number of carbonyl (C=O) groups is 1. The molecular formula is C11H22N2O2. The minimum atomic E-state index is -0.376. The van der Waals surface area contributed by atoms with E-state index < -0.39 is 0 Å². The summed E-state index contributed by atoms with van der Waals surface area (Å²) in [6.07, 6.45) is 2.57. The SMILES string of the molecule is CCC(C)(C)OC(=O)N1CCCC(N)C1. The monoisotopic (exact) mass is 214 g/mol. The molecule has 0 aliphatic carbocycles. The maximum Gasteiger partial charge on any atom is 0.410 e. The van der Waals surface area contributed by atoms with Crippen LogP contribution in [-0.2, 0) is 4.74 Å². The van der Waals surface area contributed by atoms with Gasteiger partial charge in [-0.3, -0.25) is 0 Å². The van der Waals surface area contributed by atoms with Gasteiger partial charge in [-0.1, -0.05) is 6.92 Å². The third-order valence-electron chi connectivity index (χ3n) is 2.93. The highest BCUT2D eigenvalue weighted by atomic mass is 16.6. The van der Waals surface area contributed by atoms with Crippen LogP contribution < -0.4 is 5.73 Å². The summed E-state index contributed by atoms with van der Waals surface area (Å²) in [5, 5.41) is 0. The Hall–Kier alpha value is -0.770. The molecule has 1 amide bonds. The summed E-state index contributed by atoms with van der Waals surface area (Å²) in [6.45, 7) is 7.25. The predicted molar refractivity (Wildman–Crippen MR) is 59.6 cm³/mol. The van der Waals surface area contributed by atoms with Crippen molar-refractivity contribution in [1.29, 1.82) is 0 Å². The summed E-state index contributed by atoms with van der Waals surface area (Å²) in [5.41, 5.74) is 5.43. The number of rotatable bonds is 2. The topological polar surface area (TPSA) is 55.6 Å². The van der Waals surface area contributed by atoms with Crippen molar-refractivity contribution in [3.8, 4) is 0 Å². The van der Waals surface area contributed by atoms with Crippen molar-refractivity contribution in [2.45, 2.75) is 51.7 Å². The first-order valence-corrected chi connectivity index (χ1v) is 5.68. The van der Waals surface area contributed by atoms with Crippen LogP contribution in [-0.4, -0.2) is 35.7 Å². The maximum atomic E-state index is 11.8. The molecule has 0 saturated carbocycles. The smallest absolute Gasteiger partial charge is 0.410 e. The van der Waals surface area contributed by atoms with E-state index in [0.717, 1.165) is 25.8 Å². The molecule has 0 aromatic heterocycles. The molecule has 1 rings (SSSR count). The quantitative estimate of drug-likeness (QED) is 0.761. The Morgan fingerprint density at radius 2 is 2.27 bits per heavy atom. The average Bonchev–Trinajstić information content (AvgIpc) is 2.17. The minimum absolute atomic E-state index is 0.107. The summed E-state index contributed by atoms with van der Waals surface area (Å²) >= 11 is 0. The van der Waals surface area contributed by atoms with Gasteiger partial charge in [-0.05, 0) is 33.1 Å². The van der Waals surface area contributed by atoms with E-state index >= 15 is 0 Å². The van der Waals surface area contributed by atoms with Gasteiger partial charge in [-0.2, -0.15) is 0 Å². The molecule has 15 heavy (non-hydrogen) atoms. The second-order valence-electron chi connectivity index (χ2n) is 4.83. The molecule has 1 fully saturated rings. The Morgan fingerprint density at radius 1 is 1.60 bits per heavy atom. The first-order chi connectivity index (χ1) is 6.94. The molecule has 0 radical (unpaired) electrons. The molecule has 0 aromatic carbocycles. The number of nitrogens with zero attached hydrogens (tertiary/aromatic N) is 1. The molecule has 88 valence electrons. The number of ether oxygens (including phenoxy) is 1. The van der Waals surface area contributed by atoms with E-state index in [9.17, 15) is 4.79 Å². The zero-order chi connectivity index (χ0) is 11.5. The largest absolute Gasteiger partial charge is 0.443 e. The number of hydrogen-bond acceptors (Lipinski definition) is 3. The zero-order valence-corrected chi connectivity index (χ0v) is 9.95. The fraction of sp³-hybridized carbons (Fsp3) is 0.909. The van der Waals surface area contributed by atoms with E-state index in [1.807, 2.05) is 20.8 Å². The molecule has 0 aromatic rings. The fourth-order valence-electron chi connectivity index (χ4n) is 1.55. The van der Waals surface area contributed by atoms with Crippen LogP contribution >= 0.6 is 0 Å². The van der Waals surface area contributed by atoms with Crippen LogP contribution in [0, 0.1) is 0 Å². The van der Waals surface area contributed by atoms with Crippen LogP contribution in [0.1, 0.15) is 40.0 Å². The van der Waals surface area contributed by atoms with E-state index in [1.165, 1.54) is 0 Å². The number of nitrogens with two attached hydrogens (primary N) is 1. The second-order valence-corrected chi connectivity index (χ2v) is 4.83. The first-order valence-electron chi connectivity index (χ1n) is 5.68. The number of carbonyl (C=O) groups excluding carboxylic acids is 1. The molecule has 1 aliphatic rings. The summed E-state index contributed by atoms with van der Waals surface area (Å²) in [7, 11) is 0. The highest BCUT2D eigenvalue weighted by Gasteiger charge is 2.27. The van der Waals surface area contributed by atoms with E-state index in [-0.39, 0.29) is 17.7 Å². The number of likely N-dealkylation sites (tertiary alicyclic amines) is 1. The Bertz CT molecular complexity index is 229. The van der Waals surface area contributed by atoms with Gasteiger partial charge in [0.05, 0.1) is 0 Å². The van der Waals surface area contributed by atoms with Crippen molar-refractivity contribution < 1.29 is 9.53 Å². The molecule has 1 atom stereocenters. The molecule has 1 unspecified atom stereocenters. The van der Waals surface area contributed by atoms with E-state index in [0.29, 0.717) is 6.54 Å². The van der Waals surface area contributed by atoms with Crippen LogP contribution in [0.5, 0.6) is 0 Å². The van der Waals surface area contributed by atoms with Crippen molar-refractivity contribution in [3.05, 3.63) is 0 Å². The zero-order valence-electron chi connectivity index (χ0n) is 9.95. The first kappa shape index (κ1) is 12.3. The van der Waals surface area contributed by atoms with E-state index in [4.69, 9.17) is 10.5 Å². The number of hydrogen-bond donors (Lipinski definition) is 1. The third-order valence-corrected chi connectivity index (χ3v) is 2.93. The Labute approximate surface area is 91.8 Å². The van der Waals surface area contributed by atoms with Gasteiger partial charge >= 0.3 is 6.09 Å². The standard InChI is InChI=1S/C11H22N2O2/c1-4-11(2,3)15-10(14)13-7-5-6-9(12)8-13/h9H,4-8,12H2,1-3H3. The summed E-state index contributed by atoms with van der Waals surface area (Å²) in [5.74, 6) is 0. The van der Waals surface area contributed by atoms with Gasteiger partial charge in [0.2, 0.25) is 0 Å². The highest BCUT2D eigenvalue weighted by molar-refractivity contribution is 5.68. The van der Waals surface area contributed by atoms with Crippen molar-refractivity contribution in [2.75, 3.05) is 13.1 Å². The van der Waals surface area contributed by atoms with E-state index in [2.05, 4.69) is 0 Å². The highest BCUT2D eigenvalue weighted by Crippen LogP contribution is 2.17. The fourth-order valence-corrected chi connectivity index (χ4v) is 1.55. The normalized spacial score (nSPS) is 22.7. The van der Waals surface area contributed by atoms with Crippen molar-refractivity contribution >= 4 is 6.09 Å². The second kappa shape index (κ2) is 4.84. The molecule has 1 aliphatic heterocycles. The number of amides is 1. The lowest BCUT2D eigenvalue weighted by Crippen LogP contribution is -2.47. The van der Waals surface area contributed by atoms with Gasteiger partial charge in [0.15, 0.2) is 0 Å². The lowest BCUT2D eigenvalue weighted by Gasteiger charge is -2.33. The maximum absolute atomic E-state index is 11.8. The van der Waals surface area contributed by atoms with Gasteiger partial charge in [0.1, 0.15) is 5.60 Å². The van der Waals surface area contributed by atoms with Gasteiger partial charge < -0.3 is 15.4 Å². The van der Waals surface area contributed by atoms with Gasteiger partial charge in [0.25, 0.3) is 0 Å². The van der Waals surface area contributed by atoms with E-state index in [1.54, 1.807) is 4.90 Å². The van der Waals surface area contributed by atoms with Crippen LogP contribution in [0.25, 0.3) is 0 Å². The minimum Gasteiger partial charge on any atom is -0.443 e. The molecule has 4 nitrogen and oxygen atoms in total. The lowest BCUT2D eigenvalue weighted by atomic mass is 10.1. The molecule has 2 N–H and O–H groups in total. The summed E-state index contributed by atoms with van der Waals surface area (Å²) in [6, 6.07) is 0.107. The Kier molecular flexibility index (Phi) is 3.97. The Morgan fingerprint density at radius 3 is 2.80 bits per heavy atom. The third kappa shape index (κ3) is 3.70. The predicted octanol–water partition coefficient (Wildman–Crippen LogP) is 1.73. The van der Waals surface area contributed by atoms with Crippen molar-refractivity contribution in [2.24, 2.45) is 5.73 Å². The molecule has 0 spiro atoms. The van der Waals surface area contributed by atoms with Gasteiger partial charge in [0, 0.05) is 19.1 Å². The summed E-state index contributed by atoms with van der Waals surface area (Å²) < 4.78 is 5.41. The molecule has 1 saturated heterocycles. The molecule has 4 heteroatoms. The molecule has 1 heterocycles. The van der Waals surface area contributed by atoms with Crippen LogP contribution in [0.3, 0.4) is 0 Å². The molecular weight excluding hydrogens is 192 g/mol. The van der Waals surface area contributed by atoms with Crippen molar-refractivity contribution in [3.63, 3.8) is 0 Å². The number of piperidine rings is 1. The van der Waals surface area contributed by atoms with Crippen molar-refractivity contribution in [1.82, 2.24) is 4.90 Å². The van der Waals surface area contributed by atoms with Gasteiger partial charge in [-0.15, -0.1) is 0 Å². The van der Waals surface area contributed by atoms with Crippen LogP contribution in [0.15, 0.2) is 0 Å². The van der Waals surface area contributed by atoms with Crippen LogP contribution in [0.4, 0.5) is 4.79 Å². The van der Waals surface area contributed by atoms with Gasteiger partial charge in [-0.25, -0.2) is 4.79 Å². The lowest BCUT2D eigenvalue weighted by molar-refractivity contribution is 0.00712. The Balaban J connectivity index is 2.46. The van der Waals surface area contributed by atoms with Crippen LogP contribution in [0.2, 0.25) is 0 Å². The summed E-state index contributed by atoms with van der Waals surface area (Å²) in [4.78, 5) is 13.5.